The number of carbonyl (C=O) groups is 1. The largest absolute Gasteiger partial charge is 0.469 e. The van der Waals surface area contributed by atoms with Crippen molar-refractivity contribution < 1.29 is 22.0 Å². The molecular weight excluding hydrogens is 432 g/mol. The van der Waals surface area contributed by atoms with Crippen LogP contribution in [-0.4, -0.2) is 48.0 Å². The highest BCUT2D eigenvalue weighted by Gasteiger charge is 2.28. The summed E-state index contributed by atoms with van der Waals surface area (Å²) < 4.78 is 38.0. The van der Waals surface area contributed by atoms with Crippen molar-refractivity contribution in [2.75, 3.05) is 13.1 Å². The van der Waals surface area contributed by atoms with Crippen molar-refractivity contribution in [2.45, 2.75) is 44.0 Å². The number of carbonyl (C=O) groups excluding carboxylic acids is 1. The van der Waals surface area contributed by atoms with E-state index in [4.69, 9.17) is 8.83 Å². The van der Waals surface area contributed by atoms with E-state index in [0.717, 1.165) is 18.6 Å². The lowest BCUT2D eigenvalue weighted by atomic mass is 10.0. The highest BCUT2D eigenvalue weighted by Crippen LogP contribution is 2.25. The molecule has 0 bridgehead atoms. The zero-order chi connectivity index (χ0) is 22.7. The van der Waals surface area contributed by atoms with Crippen molar-refractivity contribution in [3.05, 3.63) is 54.3 Å². The van der Waals surface area contributed by atoms with Crippen LogP contribution in [-0.2, 0) is 16.4 Å². The van der Waals surface area contributed by atoms with Gasteiger partial charge < -0.3 is 14.2 Å². The normalized spacial score (nSPS) is 16.7. The van der Waals surface area contributed by atoms with E-state index in [1.54, 1.807) is 24.5 Å². The smallest absolute Gasteiger partial charge is 0.309 e. The number of aromatic nitrogens is 2. The number of amides is 1. The highest BCUT2D eigenvalue weighted by molar-refractivity contribution is 7.89. The SMILES string of the molecule is CC1CCN(S(=O)(=O)c2ccc(-c3nnc(C(=O)N[C@H](C)Cc4ccco4)o3)cc2)CC1. The number of furan rings is 1. The number of sulfonamides is 1. The molecule has 9 nitrogen and oxygen atoms in total. The first-order valence-electron chi connectivity index (χ1n) is 10.6. The summed E-state index contributed by atoms with van der Waals surface area (Å²) in [6.07, 6.45) is 3.85. The van der Waals surface area contributed by atoms with E-state index in [0.29, 0.717) is 31.0 Å². The summed E-state index contributed by atoms with van der Waals surface area (Å²) in [6.45, 7) is 5.05. The molecule has 3 heterocycles. The van der Waals surface area contributed by atoms with Crippen LogP contribution in [0.1, 0.15) is 43.1 Å². The van der Waals surface area contributed by atoms with Gasteiger partial charge in [-0.3, -0.25) is 4.79 Å². The van der Waals surface area contributed by atoms with Gasteiger partial charge in [0.1, 0.15) is 5.76 Å². The highest BCUT2D eigenvalue weighted by atomic mass is 32.2. The Morgan fingerprint density at radius 3 is 2.56 bits per heavy atom. The third-order valence-electron chi connectivity index (χ3n) is 5.57. The lowest BCUT2D eigenvalue weighted by Crippen LogP contribution is -2.37. The fraction of sp³-hybridized carbons (Fsp3) is 0.409. The molecule has 1 saturated heterocycles. The van der Waals surface area contributed by atoms with Crippen molar-refractivity contribution in [1.82, 2.24) is 19.8 Å². The number of hydrogen-bond acceptors (Lipinski definition) is 7. The standard InChI is InChI=1S/C22H26N4O5S/c1-15-9-11-26(12-10-15)32(28,29)19-7-5-17(6-8-19)21-24-25-22(31-21)20(27)23-16(2)14-18-4-3-13-30-18/h3-8,13,15-16H,9-12,14H2,1-2H3,(H,23,27)/t16-/m1/s1. The molecule has 3 aromatic rings. The third kappa shape index (κ3) is 4.91. The van der Waals surface area contributed by atoms with Crippen molar-refractivity contribution in [1.29, 1.82) is 0 Å². The number of nitrogens with zero attached hydrogens (tertiary/aromatic N) is 3. The van der Waals surface area contributed by atoms with Crippen molar-refractivity contribution in [2.24, 2.45) is 5.92 Å². The van der Waals surface area contributed by atoms with Gasteiger partial charge in [0.15, 0.2) is 0 Å². The summed E-state index contributed by atoms with van der Waals surface area (Å²) in [6, 6.07) is 9.70. The number of benzene rings is 1. The number of rotatable bonds is 7. The maximum atomic E-state index is 12.9. The Balaban J connectivity index is 1.41. The van der Waals surface area contributed by atoms with Crippen molar-refractivity contribution >= 4 is 15.9 Å². The molecule has 1 N–H and O–H groups in total. The van der Waals surface area contributed by atoms with E-state index in [9.17, 15) is 13.2 Å². The minimum atomic E-state index is -3.53. The van der Waals surface area contributed by atoms with Gasteiger partial charge in [0.25, 0.3) is 0 Å². The molecule has 4 rings (SSSR count). The van der Waals surface area contributed by atoms with E-state index in [2.05, 4.69) is 22.4 Å². The molecule has 10 heteroatoms. The zero-order valence-electron chi connectivity index (χ0n) is 18.0. The quantitative estimate of drug-likeness (QED) is 0.578. The predicted molar refractivity (Wildman–Crippen MR) is 116 cm³/mol. The topological polar surface area (TPSA) is 119 Å². The molecule has 1 atom stereocenters. The predicted octanol–water partition coefficient (Wildman–Crippen LogP) is 3.11. The fourth-order valence-corrected chi connectivity index (χ4v) is 5.11. The Hall–Kier alpha value is -2.98. The number of hydrogen-bond donors (Lipinski definition) is 1. The summed E-state index contributed by atoms with van der Waals surface area (Å²) in [7, 11) is -3.53. The van der Waals surface area contributed by atoms with Crippen LogP contribution in [0.4, 0.5) is 0 Å². The van der Waals surface area contributed by atoms with E-state index in [-0.39, 0.29) is 22.7 Å². The molecule has 1 aromatic carbocycles. The van der Waals surface area contributed by atoms with Gasteiger partial charge in [-0.25, -0.2) is 8.42 Å². The first kappa shape index (κ1) is 22.2. The Bertz CT molecular complexity index is 1150. The van der Waals surface area contributed by atoms with Gasteiger partial charge >= 0.3 is 11.8 Å². The average molecular weight is 459 g/mol. The second-order valence-electron chi connectivity index (χ2n) is 8.18. The second kappa shape index (κ2) is 9.25. The average Bonchev–Trinajstić information content (AvgIpc) is 3.46. The summed E-state index contributed by atoms with van der Waals surface area (Å²) in [5.41, 5.74) is 0.534. The van der Waals surface area contributed by atoms with Gasteiger partial charge in [-0.15, -0.1) is 10.2 Å². The van der Waals surface area contributed by atoms with E-state index in [1.807, 2.05) is 13.0 Å². The number of piperidine rings is 1. The molecule has 1 amide bonds. The molecule has 1 fully saturated rings. The summed E-state index contributed by atoms with van der Waals surface area (Å²) >= 11 is 0. The maximum Gasteiger partial charge on any atom is 0.309 e. The molecule has 32 heavy (non-hydrogen) atoms. The van der Waals surface area contributed by atoms with Crippen molar-refractivity contribution in [3.63, 3.8) is 0 Å². The van der Waals surface area contributed by atoms with Gasteiger partial charge in [0, 0.05) is 31.1 Å². The molecule has 1 aliphatic rings. The van der Waals surface area contributed by atoms with Crippen LogP contribution in [0.5, 0.6) is 0 Å². The molecule has 0 aliphatic carbocycles. The zero-order valence-corrected chi connectivity index (χ0v) is 18.8. The maximum absolute atomic E-state index is 12.9. The van der Waals surface area contributed by atoms with Gasteiger partial charge in [-0.1, -0.05) is 6.92 Å². The molecule has 0 unspecified atom stereocenters. The van der Waals surface area contributed by atoms with Gasteiger partial charge in [-0.2, -0.15) is 4.31 Å². The Labute approximate surface area is 186 Å². The van der Waals surface area contributed by atoms with Crippen LogP contribution in [0.15, 0.2) is 56.4 Å². The van der Waals surface area contributed by atoms with Crippen LogP contribution in [0.25, 0.3) is 11.5 Å². The Kier molecular flexibility index (Phi) is 6.43. The summed E-state index contributed by atoms with van der Waals surface area (Å²) in [4.78, 5) is 12.6. The molecular formula is C22H26N4O5S. The molecule has 0 radical (unpaired) electrons. The fourth-order valence-electron chi connectivity index (χ4n) is 3.64. The van der Waals surface area contributed by atoms with Gasteiger partial charge in [-0.05, 0) is 62.1 Å². The summed E-state index contributed by atoms with van der Waals surface area (Å²) in [5, 5.41) is 10.5. The lowest BCUT2D eigenvalue weighted by molar-refractivity contribution is 0.0905. The van der Waals surface area contributed by atoms with E-state index in [1.165, 1.54) is 16.4 Å². The van der Waals surface area contributed by atoms with Crippen LogP contribution in [0.2, 0.25) is 0 Å². The minimum Gasteiger partial charge on any atom is -0.469 e. The van der Waals surface area contributed by atoms with Gasteiger partial charge in [0.2, 0.25) is 15.9 Å². The van der Waals surface area contributed by atoms with Gasteiger partial charge in [0.05, 0.1) is 11.2 Å². The molecule has 1 aliphatic heterocycles. The monoisotopic (exact) mass is 458 g/mol. The lowest BCUT2D eigenvalue weighted by Gasteiger charge is -2.29. The van der Waals surface area contributed by atoms with Crippen LogP contribution < -0.4 is 5.32 Å². The Morgan fingerprint density at radius 1 is 1.19 bits per heavy atom. The molecule has 170 valence electrons. The van der Waals surface area contributed by atoms with Crippen LogP contribution >= 0.6 is 0 Å². The number of nitrogens with one attached hydrogen (secondary N) is 1. The summed E-state index contributed by atoms with van der Waals surface area (Å²) in [5.74, 6) is 0.801. The first-order chi connectivity index (χ1) is 15.3. The van der Waals surface area contributed by atoms with Crippen LogP contribution in [0, 0.1) is 5.92 Å². The Morgan fingerprint density at radius 2 is 1.91 bits per heavy atom. The third-order valence-corrected chi connectivity index (χ3v) is 7.48. The molecule has 0 saturated carbocycles. The van der Waals surface area contributed by atoms with E-state index < -0.39 is 15.9 Å². The second-order valence-corrected chi connectivity index (χ2v) is 10.1. The van der Waals surface area contributed by atoms with E-state index >= 15 is 0 Å². The molecule has 2 aromatic heterocycles. The first-order valence-corrected chi connectivity index (χ1v) is 12.0. The van der Waals surface area contributed by atoms with Crippen molar-refractivity contribution in [3.8, 4) is 11.5 Å². The minimum absolute atomic E-state index is 0.143. The molecule has 0 spiro atoms. The van der Waals surface area contributed by atoms with Crippen LogP contribution in [0.3, 0.4) is 0 Å².